The highest BCUT2D eigenvalue weighted by Gasteiger charge is 2.31. The number of fused-ring (bicyclic) bond motifs is 1. The number of hydrogen-bond acceptors (Lipinski definition) is 6. The summed E-state index contributed by atoms with van der Waals surface area (Å²) in [5, 5.41) is 0.158. The number of esters is 1. The summed E-state index contributed by atoms with van der Waals surface area (Å²) in [6, 6.07) is 8.70. The third-order valence-electron chi connectivity index (χ3n) is 3.80. The molecule has 0 aromatic heterocycles. The second kappa shape index (κ2) is 7.84. The first-order valence-corrected chi connectivity index (χ1v) is 9.97. The molecule has 27 heavy (non-hydrogen) atoms. The van der Waals surface area contributed by atoms with Gasteiger partial charge >= 0.3 is 5.97 Å². The quantitative estimate of drug-likeness (QED) is 0.676. The summed E-state index contributed by atoms with van der Waals surface area (Å²) in [6.07, 6.45) is 0. The number of hydrogen-bond donors (Lipinski definition) is 0. The van der Waals surface area contributed by atoms with Gasteiger partial charge in [0.1, 0.15) is 19.8 Å². The number of methoxy groups -OCH3 is 1. The number of anilines is 1. The molecule has 1 aliphatic heterocycles. The normalized spacial score (nSPS) is 13.1. The first-order valence-electron chi connectivity index (χ1n) is 7.78. The van der Waals surface area contributed by atoms with Gasteiger partial charge in [-0.2, -0.15) is 0 Å². The number of nitrogens with zero attached hydrogens (tertiary/aromatic N) is 1. The Morgan fingerprint density at radius 3 is 2.56 bits per heavy atom. The zero-order chi connectivity index (χ0) is 19.6. The molecule has 2 aromatic rings. The molecule has 0 unspecified atom stereocenters. The van der Waals surface area contributed by atoms with Crippen LogP contribution in [0, 0.1) is 0 Å². The van der Waals surface area contributed by atoms with Gasteiger partial charge in [-0.25, -0.2) is 8.42 Å². The van der Waals surface area contributed by atoms with Crippen LogP contribution in [0.25, 0.3) is 0 Å². The Hall–Kier alpha value is -2.16. The summed E-state index contributed by atoms with van der Waals surface area (Å²) >= 11 is 12.2. The predicted molar refractivity (Wildman–Crippen MR) is 100 cm³/mol. The van der Waals surface area contributed by atoms with Crippen molar-refractivity contribution in [2.75, 3.05) is 31.2 Å². The van der Waals surface area contributed by atoms with Crippen LogP contribution in [0.2, 0.25) is 10.0 Å². The molecule has 0 bridgehead atoms. The lowest BCUT2D eigenvalue weighted by molar-refractivity contribution is -0.138. The molecule has 0 spiro atoms. The van der Waals surface area contributed by atoms with E-state index >= 15 is 0 Å². The number of sulfonamides is 1. The lowest BCUT2D eigenvalue weighted by Gasteiger charge is -2.25. The van der Waals surface area contributed by atoms with E-state index in [1.165, 1.54) is 36.4 Å². The Bertz CT molecular complexity index is 979. The van der Waals surface area contributed by atoms with Gasteiger partial charge < -0.3 is 14.2 Å². The van der Waals surface area contributed by atoms with Crippen molar-refractivity contribution in [1.29, 1.82) is 0 Å². The van der Waals surface area contributed by atoms with Crippen LogP contribution in [0.4, 0.5) is 5.69 Å². The van der Waals surface area contributed by atoms with Gasteiger partial charge in [0.05, 0.1) is 27.7 Å². The monoisotopic (exact) mass is 431 g/mol. The lowest BCUT2D eigenvalue weighted by atomic mass is 10.3. The fraction of sp³-hybridized carbons (Fsp3) is 0.235. The van der Waals surface area contributed by atoms with Gasteiger partial charge in [-0.15, -0.1) is 0 Å². The smallest absolute Gasteiger partial charge is 0.326 e. The zero-order valence-electron chi connectivity index (χ0n) is 14.1. The van der Waals surface area contributed by atoms with Crippen LogP contribution in [-0.2, 0) is 19.6 Å². The molecule has 0 atom stereocenters. The Labute approximate surface area is 166 Å². The number of halogens is 2. The van der Waals surface area contributed by atoms with Crippen molar-refractivity contribution >= 4 is 44.9 Å². The Balaban J connectivity index is 2.10. The minimum Gasteiger partial charge on any atom is -0.486 e. The molecule has 3 rings (SSSR count). The van der Waals surface area contributed by atoms with Gasteiger partial charge in [-0.05, 0) is 24.3 Å². The molecular weight excluding hydrogens is 417 g/mol. The van der Waals surface area contributed by atoms with Gasteiger partial charge in [0, 0.05) is 6.07 Å². The van der Waals surface area contributed by atoms with Crippen molar-refractivity contribution in [2.45, 2.75) is 4.90 Å². The van der Waals surface area contributed by atoms with E-state index < -0.39 is 22.5 Å². The summed E-state index contributed by atoms with van der Waals surface area (Å²) in [5.74, 6) is -0.00907. The highest BCUT2D eigenvalue weighted by atomic mass is 35.5. The molecule has 144 valence electrons. The maximum atomic E-state index is 13.3. The van der Waals surface area contributed by atoms with E-state index in [9.17, 15) is 13.2 Å². The molecule has 0 N–H and O–H groups in total. The van der Waals surface area contributed by atoms with Crippen LogP contribution >= 0.6 is 23.2 Å². The summed E-state index contributed by atoms with van der Waals surface area (Å²) in [6.45, 7) is 0.113. The summed E-state index contributed by atoms with van der Waals surface area (Å²) in [4.78, 5) is 11.8. The summed E-state index contributed by atoms with van der Waals surface area (Å²) in [7, 11) is -3.01. The molecule has 0 saturated carbocycles. The number of rotatable bonds is 5. The first kappa shape index (κ1) is 19.6. The van der Waals surface area contributed by atoms with Crippen molar-refractivity contribution in [1.82, 2.24) is 0 Å². The largest absolute Gasteiger partial charge is 0.486 e. The van der Waals surface area contributed by atoms with Crippen LogP contribution in [-0.4, -0.2) is 41.3 Å². The van der Waals surface area contributed by atoms with Gasteiger partial charge in [-0.1, -0.05) is 29.3 Å². The molecule has 10 heteroatoms. The second-order valence-electron chi connectivity index (χ2n) is 5.47. The van der Waals surface area contributed by atoms with Crippen molar-refractivity contribution < 1.29 is 27.4 Å². The second-order valence-corrected chi connectivity index (χ2v) is 8.11. The predicted octanol–water partition coefficient (Wildman–Crippen LogP) is 3.13. The van der Waals surface area contributed by atoms with E-state index in [4.69, 9.17) is 32.7 Å². The Morgan fingerprint density at radius 2 is 1.85 bits per heavy atom. The molecule has 1 aliphatic rings. The van der Waals surface area contributed by atoms with Crippen molar-refractivity contribution in [3.05, 3.63) is 46.4 Å². The maximum Gasteiger partial charge on any atom is 0.326 e. The first-order chi connectivity index (χ1) is 12.8. The van der Waals surface area contributed by atoms with E-state index in [0.717, 1.165) is 11.4 Å². The van der Waals surface area contributed by atoms with Crippen molar-refractivity contribution in [3.63, 3.8) is 0 Å². The van der Waals surface area contributed by atoms with E-state index in [1.807, 2.05) is 0 Å². The van der Waals surface area contributed by atoms with Gasteiger partial charge in [-0.3, -0.25) is 9.10 Å². The lowest BCUT2D eigenvalue weighted by Crippen LogP contribution is -2.36. The van der Waals surface area contributed by atoms with Crippen LogP contribution in [0.1, 0.15) is 0 Å². The molecule has 0 saturated heterocycles. The third-order valence-corrected chi connectivity index (χ3v) is 6.37. The molecule has 0 radical (unpaired) electrons. The van der Waals surface area contributed by atoms with E-state index in [2.05, 4.69) is 4.74 Å². The highest BCUT2D eigenvalue weighted by Crippen LogP contribution is 2.37. The summed E-state index contributed by atoms with van der Waals surface area (Å²) < 4.78 is 42.8. The van der Waals surface area contributed by atoms with Crippen molar-refractivity contribution in [3.8, 4) is 11.5 Å². The molecular formula is C17H15Cl2NO6S. The Morgan fingerprint density at radius 1 is 1.15 bits per heavy atom. The van der Waals surface area contributed by atoms with Crippen LogP contribution in [0.3, 0.4) is 0 Å². The molecule has 7 nitrogen and oxygen atoms in total. The number of carbonyl (C=O) groups is 1. The molecule has 2 aromatic carbocycles. The molecule has 0 fully saturated rings. The number of carbonyl (C=O) groups excluding carboxylic acids is 1. The average molecular weight is 432 g/mol. The van der Waals surface area contributed by atoms with Crippen LogP contribution in [0.5, 0.6) is 11.5 Å². The SMILES string of the molecule is COC(=O)CN(c1cccc(Cl)c1Cl)S(=O)(=O)c1ccc2c(c1)OCCO2. The van der Waals surface area contributed by atoms with E-state index in [0.29, 0.717) is 24.7 Å². The van der Waals surface area contributed by atoms with Gasteiger partial charge in [0.15, 0.2) is 11.5 Å². The average Bonchev–Trinajstić information content (AvgIpc) is 2.67. The number of ether oxygens (including phenoxy) is 3. The zero-order valence-corrected chi connectivity index (χ0v) is 16.5. The van der Waals surface area contributed by atoms with Crippen LogP contribution < -0.4 is 13.8 Å². The van der Waals surface area contributed by atoms with Crippen molar-refractivity contribution in [2.24, 2.45) is 0 Å². The highest BCUT2D eigenvalue weighted by molar-refractivity contribution is 7.92. The fourth-order valence-electron chi connectivity index (χ4n) is 2.48. The molecule has 1 heterocycles. The Kier molecular flexibility index (Phi) is 5.69. The minimum absolute atomic E-state index is 0.00388. The summed E-state index contributed by atoms with van der Waals surface area (Å²) in [5.41, 5.74) is 0.0597. The fourth-order valence-corrected chi connectivity index (χ4v) is 4.36. The van der Waals surface area contributed by atoms with Gasteiger partial charge in [0.2, 0.25) is 0 Å². The van der Waals surface area contributed by atoms with Crippen LogP contribution in [0.15, 0.2) is 41.3 Å². The topological polar surface area (TPSA) is 82.1 Å². The molecule has 0 amide bonds. The maximum absolute atomic E-state index is 13.3. The standard InChI is InChI=1S/C17H15Cl2NO6S/c1-24-16(21)10-20(13-4-2-3-12(18)17(13)19)27(22,23)11-5-6-14-15(9-11)26-8-7-25-14/h2-6,9H,7-8,10H2,1H3. The van der Waals surface area contributed by atoms with E-state index in [1.54, 1.807) is 0 Å². The molecule has 0 aliphatic carbocycles. The van der Waals surface area contributed by atoms with E-state index in [-0.39, 0.29) is 20.6 Å². The third kappa shape index (κ3) is 3.92. The van der Waals surface area contributed by atoms with Gasteiger partial charge in [0.25, 0.3) is 10.0 Å². The number of benzene rings is 2. The minimum atomic E-state index is -4.18.